The number of fused-ring (bicyclic) bond motifs is 3. The Morgan fingerprint density at radius 1 is 1.18 bits per heavy atom. The Morgan fingerprint density at radius 3 is 2.32 bits per heavy atom. The third-order valence-electron chi connectivity index (χ3n) is 8.18. The molecule has 1 amide bonds. The number of rotatable bonds is 5. The van der Waals surface area contributed by atoms with Gasteiger partial charge in [0.05, 0.1) is 34.9 Å². The molecular formula is C25H26BrClN2O9. The molecule has 0 bridgehead atoms. The summed E-state index contributed by atoms with van der Waals surface area (Å²) in [4.78, 5) is 79.6. The molecule has 0 aromatic heterocycles. The summed E-state index contributed by atoms with van der Waals surface area (Å²) in [5, 5.41) is 34.2. The number of primary amides is 1. The lowest BCUT2D eigenvalue weighted by molar-refractivity contribution is -0.196. The lowest BCUT2D eigenvalue weighted by Crippen LogP contribution is -2.77. The van der Waals surface area contributed by atoms with Crippen molar-refractivity contribution >= 4 is 62.4 Å². The first-order valence-corrected chi connectivity index (χ1v) is 13.3. The summed E-state index contributed by atoms with van der Waals surface area (Å²) >= 11 is 9.38. The minimum atomic E-state index is -3.08. The molecule has 0 radical (unpaired) electrons. The summed E-state index contributed by atoms with van der Waals surface area (Å²) < 4.78 is 0. The number of phenolic OH excluding ortho intramolecular Hbond substituents is 1. The topological polar surface area (TPSA) is 192 Å². The molecule has 38 heavy (non-hydrogen) atoms. The zero-order valence-electron chi connectivity index (χ0n) is 20.6. The van der Waals surface area contributed by atoms with Gasteiger partial charge >= 0.3 is 0 Å². The van der Waals surface area contributed by atoms with Crippen LogP contribution in [0.25, 0.3) is 0 Å². The van der Waals surface area contributed by atoms with E-state index in [1.807, 2.05) is 0 Å². The maximum Gasteiger partial charge on any atom is 0.235 e. The number of hydrogen-bond acceptors (Lipinski definition) is 10. The van der Waals surface area contributed by atoms with Gasteiger partial charge in [-0.1, -0.05) is 34.5 Å². The van der Waals surface area contributed by atoms with Gasteiger partial charge in [0.2, 0.25) is 5.91 Å². The number of carbonyl (C=O) groups excluding carboxylic acids is 6. The Bertz CT molecular complexity index is 1310. The van der Waals surface area contributed by atoms with Gasteiger partial charge in [-0.05, 0) is 31.6 Å². The molecule has 3 aliphatic carbocycles. The van der Waals surface area contributed by atoms with Crippen LogP contribution in [-0.4, -0.2) is 92.2 Å². The van der Waals surface area contributed by atoms with E-state index in [4.69, 9.17) is 17.3 Å². The molecule has 8 atom stereocenters. The predicted octanol–water partition coefficient (Wildman–Crippen LogP) is -0.441. The summed E-state index contributed by atoms with van der Waals surface area (Å²) in [5.74, 6) is -14.7. The number of nitrogens with zero attached hydrogens (tertiary/aromatic N) is 1. The Kier molecular flexibility index (Phi) is 7.20. The largest absolute Gasteiger partial charge is 0.507 e. The molecule has 0 heterocycles. The number of Topliss-reactive ketones (excluding diaryl/α,β-unsaturated/α-hetero) is 5. The van der Waals surface area contributed by atoms with E-state index in [0.717, 1.165) is 0 Å². The average molecular weight is 614 g/mol. The zero-order valence-corrected chi connectivity index (χ0v) is 22.9. The number of carbonyl (C=O) groups is 6. The van der Waals surface area contributed by atoms with Gasteiger partial charge in [0.25, 0.3) is 0 Å². The zero-order chi connectivity index (χ0) is 28.6. The monoisotopic (exact) mass is 612 g/mol. The van der Waals surface area contributed by atoms with Crippen molar-refractivity contribution in [1.82, 2.24) is 4.90 Å². The van der Waals surface area contributed by atoms with Gasteiger partial charge < -0.3 is 21.1 Å². The van der Waals surface area contributed by atoms with Crippen LogP contribution in [0.15, 0.2) is 6.07 Å². The fourth-order valence-corrected chi connectivity index (χ4v) is 6.94. The summed E-state index contributed by atoms with van der Waals surface area (Å²) in [5.41, 5.74) is 2.08. The van der Waals surface area contributed by atoms with Crippen LogP contribution in [0, 0.1) is 23.7 Å². The van der Waals surface area contributed by atoms with Gasteiger partial charge in [0.1, 0.15) is 11.5 Å². The van der Waals surface area contributed by atoms with E-state index in [0.29, 0.717) is 0 Å². The van der Waals surface area contributed by atoms with Crippen molar-refractivity contribution in [2.75, 3.05) is 19.4 Å². The Balaban J connectivity index is 1.94. The molecule has 1 aromatic carbocycles. The van der Waals surface area contributed by atoms with Crippen molar-refractivity contribution in [1.29, 1.82) is 0 Å². The Labute approximate surface area is 230 Å². The molecular weight excluding hydrogens is 588 g/mol. The van der Waals surface area contributed by atoms with Crippen LogP contribution in [0.4, 0.5) is 0 Å². The van der Waals surface area contributed by atoms with Crippen LogP contribution >= 0.6 is 27.5 Å². The average Bonchev–Trinajstić information content (AvgIpc) is 2.83. The lowest BCUT2D eigenvalue weighted by atomic mass is 9.49. The van der Waals surface area contributed by atoms with Crippen LogP contribution in [-0.2, 0) is 30.4 Å². The van der Waals surface area contributed by atoms with Crippen LogP contribution < -0.4 is 5.73 Å². The SMILES string of the molecule is C[C@H]1c2cc(Cl)c(CC(=O)CBr)c(O)c2C(=O)C2C(=O)[C@]3(O)C(=O)C(C(N)=O)C(=O)[C@@H](N(C)C)[C@@H]3[C@@H](O)[C@@H]21. The van der Waals surface area contributed by atoms with Crippen molar-refractivity contribution < 1.29 is 44.1 Å². The van der Waals surface area contributed by atoms with Gasteiger partial charge in [0.15, 0.2) is 34.7 Å². The second-order valence-electron chi connectivity index (χ2n) is 10.4. The second-order valence-corrected chi connectivity index (χ2v) is 11.3. The molecule has 0 saturated heterocycles. The maximum atomic E-state index is 13.9. The quantitative estimate of drug-likeness (QED) is 0.250. The van der Waals surface area contributed by atoms with E-state index < -0.39 is 82.1 Å². The number of aromatic hydroxyl groups is 1. The Morgan fingerprint density at radius 2 is 1.79 bits per heavy atom. The minimum Gasteiger partial charge on any atom is -0.507 e. The molecule has 2 fully saturated rings. The van der Waals surface area contributed by atoms with Crippen LogP contribution in [0.5, 0.6) is 5.75 Å². The number of alkyl halides is 1. The van der Waals surface area contributed by atoms with Crippen LogP contribution in [0.1, 0.15) is 34.3 Å². The number of aliphatic hydroxyl groups excluding tert-OH is 1. The van der Waals surface area contributed by atoms with Crippen molar-refractivity contribution in [3.8, 4) is 5.75 Å². The number of hydrogen-bond donors (Lipinski definition) is 4. The molecule has 0 spiro atoms. The fourth-order valence-electron chi connectivity index (χ4n) is 6.47. The summed E-state index contributed by atoms with van der Waals surface area (Å²) in [6.45, 7) is 1.58. The normalized spacial score (nSPS) is 34.6. The van der Waals surface area contributed by atoms with E-state index in [1.165, 1.54) is 25.1 Å². The number of nitrogens with two attached hydrogens (primary N) is 1. The molecule has 1 aromatic rings. The van der Waals surface area contributed by atoms with E-state index in [1.54, 1.807) is 6.92 Å². The maximum absolute atomic E-state index is 13.9. The molecule has 5 N–H and O–H groups in total. The number of phenols is 1. The van der Waals surface area contributed by atoms with Crippen molar-refractivity contribution in [2.45, 2.75) is 37.0 Å². The van der Waals surface area contributed by atoms with E-state index in [9.17, 15) is 44.1 Å². The highest BCUT2D eigenvalue weighted by atomic mass is 79.9. The minimum absolute atomic E-state index is 0.000251. The fraction of sp³-hybridized carbons (Fsp3) is 0.520. The molecule has 11 nitrogen and oxygen atoms in total. The highest BCUT2D eigenvalue weighted by Crippen LogP contribution is 2.55. The first kappa shape index (κ1) is 28.5. The molecule has 2 saturated carbocycles. The van der Waals surface area contributed by atoms with Gasteiger partial charge in [-0.15, -0.1) is 0 Å². The summed E-state index contributed by atoms with van der Waals surface area (Å²) in [6, 6.07) is -0.0676. The molecule has 4 rings (SSSR count). The predicted molar refractivity (Wildman–Crippen MR) is 135 cm³/mol. The van der Waals surface area contributed by atoms with E-state index >= 15 is 0 Å². The molecule has 3 aliphatic rings. The highest BCUT2D eigenvalue weighted by Gasteiger charge is 2.72. The second kappa shape index (κ2) is 9.60. The first-order chi connectivity index (χ1) is 17.6. The van der Waals surface area contributed by atoms with E-state index in [-0.39, 0.29) is 39.2 Å². The smallest absolute Gasteiger partial charge is 0.235 e. The van der Waals surface area contributed by atoms with Gasteiger partial charge in [-0.3, -0.25) is 33.7 Å². The number of aliphatic hydroxyl groups is 2. The number of halogens is 2. The van der Waals surface area contributed by atoms with Gasteiger partial charge in [-0.25, -0.2) is 0 Å². The van der Waals surface area contributed by atoms with E-state index in [2.05, 4.69) is 15.9 Å². The third kappa shape index (κ3) is 3.72. The molecule has 0 aliphatic heterocycles. The van der Waals surface area contributed by atoms with Gasteiger partial charge in [-0.2, -0.15) is 0 Å². The number of benzene rings is 1. The number of likely N-dealkylation sites (N-methyl/N-ethyl adjacent to an activating group) is 1. The number of ketones is 5. The van der Waals surface area contributed by atoms with Crippen molar-refractivity contribution in [3.05, 3.63) is 27.8 Å². The third-order valence-corrected chi connectivity index (χ3v) is 9.15. The van der Waals surface area contributed by atoms with Crippen LogP contribution in [0.2, 0.25) is 5.02 Å². The van der Waals surface area contributed by atoms with Crippen LogP contribution in [0.3, 0.4) is 0 Å². The summed E-state index contributed by atoms with van der Waals surface area (Å²) in [7, 11) is 2.83. The van der Waals surface area contributed by atoms with Gasteiger partial charge in [0, 0.05) is 22.9 Å². The molecule has 13 heteroatoms. The summed E-state index contributed by atoms with van der Waals surface area (Å²) in [6.07, 6.45) is -2.05. The first-order valence-electron chi connectivity index (χ1n) is 11.8. The molecule has 2 unspecified atom stereocenters. The standard InChI is InChI=1S/C25H26BrClN2O9/c1-7-9-5-11(27)10(4-8(30)6-26)18(31)13(9)19(32)14-12(7)20(33)16-17(29(2)3)21(34)15(24(28)37)23(36)25(16,38)22(14)35/h5,7,12,14-17,20,31,33,38H,4,6H2,1-3H3,(H2,28,37)/t7-,12+,14?,15?,16+,17-,20-,25-/m0/s1. The highest BCUT2D eigenvalue weighted by molar-refractivity contribution is 9.09. The Hall–Kier alpha value is -2.51. The number of amides is 1. The van der Waals surface area contributed by atoms with Crippen molar-refractivity contribution in [2.24, 2.45) is 29.4 Å². The van der Waals surface area contributed by atoms with Crippen molar-refractivity contribution in [3.63, 3.8) is 0 Å². The lowest BCUT2D eigenvalue weighted by Gasteiger charge is -2.56. The molecule has 204 valence electrons.